The zero-order chi connectivity index (χ0) is 22.3. The number of aryl methyl sites for hydroxylation is 1. The number of anilines is 2. The number of nitrogens with one attached hydrogen (secondary N) is 3. The van der Waals surface area contributed by atoms with Gasteiger partial charge in [-0.2, -0.15) is 0 Å². The molecule has 6 nitrogen and oxygen atoms in total. The van der Waals surface area contributed by atoms with Crippen LogP contribution in [-0.2, 0) is 15.1 Å². The first-order valence-corrected chi connectivity index (χ1v) is 11.0. The molecule has 0 unspecified atom stereocenters. The summed E-state index contributed by atoms with van der Waals surface area (Å²) in [7, 11) is 1.60. The first-order valence-electron chi connectivity index (χ1n) is 10.6. The van der Waals surface area contributed by atoms with Gasteiger partial charge in [-0.1, -0.05) is 25.4 Å². The number of hydrogen-bond acceptors (Lipinski definition) is 4. The Morgan fingerprint density at radius 3 is 2.65 bits per heavy atom. The predicted molar refractivity (Wildman–Crippen MR) is 123 cm³/mol. The third-order valence-corrected chi connectivity index (χ3v) is 6.44. The standard InChI is InChI=1S/C24H28ClN3O3/c1-13(2)9-17-12-20(22(29)26-16-5-7-18(31-4)8-6-16)24(28-17)19-11-15(25)10-14(3)21(19)27-23(24)30/h5-8,10-11,13,17,20,28H,9,12H2,1-4H3,(H,26,29)(H,27,30)/t17-,20+,24-/m0/s1. The van der Waals surface area contributed by atoms with Crippen LogP contribution in [0.4, 0.5) is 11.4 Å². The summed E-state index contributed by atoms with van der Waals surface area (Å²) in [4.78, 5) is 26.9. The number of fused-ring (bicyclic) bond motifs is 2. The molecule has 0 bridgehead atoms. The quantitative estimate of drug-likeness (QED) is 0.639. The van der Waals surface area contributed by atoms with Crippen molar-refractivity contribution in [2.45, 2.75) is 45.2 Å². The molecule has 2 aliphatic heterocycles. The van der Waals surface area contributed by atoms with E-state index in [1.165, 1.54) is 0 Å². The van der Waals surface area contributed by atoms with Gasteiger partial charge in [0.1, 0.15) is 11.3 Å². The molecule has 3 N–H and O–H groups in total. The lowest BCUT2D eigenvalue weighted by atomic mass is 9.79. The normalized spacial score (nSPS) is 24.4. The number of hydrogen-bond donors (Lipinski definition) is 3. The van der Waals surface area contributed by atoms with Crippen LogP contribution in [0.5, 0.6) is 5.75 Å². The van der Waals surface area contributed by atoms with Crippen LogP contribution in [0, 0.1) is 18.8 Å². The van der Waals surface area contributed by atoms with Crippen molar-refractivity contribution in [2.75, 3.05) is 17.7 Å². The van der Waals surface area contributed by atoms with E-state index in [2.05, 4.69) is 29.8 Å². The highest BCUT2D eigenvalue weighted by atomic mass is 35.5. The van der Waals surface area contributed by atoms with E-state index in [1.54, 1.807) is 37.4 Å². The molecule has 164 valence electrons. The second kappa shape index (κ2) is 8.17. The molecular weight excluding hydrogens is 414 g/mol. The van der Waals surface area contributed by atoms with Gasteiger partial charge in [-0.3, -0.25) is 14.9 Å². The first kappa shape index (κ1) is 21.7. The number of halogens is 1. The maximum absolute atomic E-state index is 13.5. The SMILES string of the molecule is COc1ccc(NC(=O)[C@H]2C[C@H](CC(C)C)N[C@]23C(=O)Nc2c(C)cc(Cl)cc23)cc1. The van der Waals surface area contributed by atoms with Gasteiger partial charge in [0.15, 0.2) is 0 Å². The van der Waals surface area contributed by atoms with Crippen LogP contribution in [0.1, 0.15) is 37.8 Å². The molecular formula is C24H28ClN3O3. The molecule has 1 fully saturated rings. The highest BCUT2D eigenvalue weighted by Crippen LogP contribution is 2.49. The van der Waals surface area contributed by atoms with Crippen molar-refractivity contribution in [2.24, 2.45) is 11.8 Å². The van der Waals surface area contributed by atoms with E-state index in [4.69, 9.17) is 16.3 Å². The molecule has 2 aliphatic rings. The van der Waals surface area contributed by atoms with Crippen LogP contribution in [0.25, 0.3) is 0 Å². The number of benzene rings is 2. The van der Waals surface area contributed by atoms with E-state index >= 15 is 0 Å². The van der Waals surface area contributed by atoms with Gasteiger partial charge in [0.2, 0.25) is 11.8 Å². The van der Waals surface area contributed by atoms with Gasteiger partial charge < -0.3 is 15.4 Å². The zero-order valence-electron chi connectivity index (χ0n) is 18.2. The maximum Gasteiger partial charge on any atom is 0.250 e. The average molecular weight is 442 g/mol. The smallest absolute Gasteiger partial charge is 0.250 e. The highest BCUT2D eigenvalue weighted by molar-refractivity contribution is 6.31. The first-order chi connectivity index (χ1) is 14.7. The average Bonchev–Trinajstić information content (AvgIpc) is 3.22. The summed E-state index contributed by atoms with van der Waals surface area (Å²) in [6, 6.07) is 10.8. The number of carbonyl (C=O) groups excluding carboxylic acids is 2. The van der Waals surface area contributed by atoms with Crippen molar-refractivity contribution in [3.05, 3.63) is 52.5 Å². The summed E-state index contributed by atoms with van der Waals surface area (Å²) < 4.78 is 5.19. The van der Waals surface area contributed by atoms with Gasteiger partial charge in [-0.25, -0.2) is 0 Å². The summed E-state index contributed by atoms with van der Waals surface area (Å²) >= 11 is 6.37. The molecule has 1 saturated heterocycles. The Kier molecular flexibility index (Phi) is 5.71. The zero-order valence-corrected chi connectivity index (χ0v) is 19.0. The second-order valence-corrected chi connectivity index (χ2v) is 9.32. The third-order valence-electron chi connectivity index (χ3n) is 6.23. The van der Waals surface area contributed by atoms with Crippen LogP contribution in [0.2, 0.25) is 5.02 Å². The molecule has 31 heavy (non-hydrogen) atoms. The van der Waals surface area contributed by atoms with Crippen LogP contribution < -0.4 is 20.7 Å². The Morgan fingerprint density at radius 2 is 2.00 bits per heavy atom. The lowest BCUT2D eigenvalue weighted by Crippen LogP contribution is -2.52. The lowest BCUT2D eigenvalue weighted by Gasteiger charge is -2.29. The van der Waals surface area contributed by atoms with Crippen molar-refractivity contribution < 1.29 is 14.3 Å². The van der Waals surface area contributed by atoms with Crippen molar-refractivity contribution in [3.8, 4) is 5.75 Å². The molecule has 4 rings (SSSR count). The summed E-state index contributed by atoms with van der Waals surface area (Å²) in [5.74, 6) is 0.183. The topological polar surface area (TPSA) is 79.5 Å². The maximum atomic E-state index is 13.5. The minimum Gasteiger partial charge on any atom is -0.497 e. The van der Waals surface area contributed by atoms with Crippen molar-refractivity contribution in [1.29, 1.82) is 0 Å². The van der Waals surface area contributed by atoms with Crippen LogP contribution in [-0.4, -0.2) is 25.0 Å². The van der Waals surface area contributed by atoms with Crippen LogP contribution in [0.15, 0.2) is 36.4 Å². The Bertz CT molecular complexity index is 1020. The molecule has 1 spiro atoms. The van der Waals surface area contributed by atoms with Crippen LogP contribution in [0.3, 0.4) is 0 Å². The molecule has 0 radical (unpaired) electrons. The number of rotatable bonds is 5. The van der Waals surface area contributed by atoms with E-state index in [9.17, 15) is 9.59 Å². The fraction of sp³-hybridized carbons (Fsp3) is 0.417. The number of amides is 2. The Labute approximate surface area is 187 Å². The third kappa shape index (κ3) is 3.79. The predicted octanol–water partition coefficient (Wildman–Crippen LogP) is 4.47. The fourth-order valence-corrected chi connectivity index (χ4v) is 5.19. The molecule has 2 heterocycles. The summed E-state index contributed by atoms with van der Waals surface area (Å²) in [5.41, 5.74) is 1.91. The van der Waals surface area contributed by atoms with E-state index in [0.717, 1.165) is 23.2 Å². The fourth-order valence-electron chi connectivity index (χ4n) is 4.92. The van der Waals surface area contributed by atoms with E-state index in [0.29, 0.717) is 28.8 Å². The van der Waals surface area contributed by atoms with Gasteiger partial charge in [0.05, 0.1) is 13.0 Å². The van der Waals surface area contributed by atoms with Gasteiger partial charge in [-0.15, -0.1) is 0 Å². The van der Waals surface area contributed by atoms with Gasteiger partial charge in [-0.05, 0) is 67.6 Å². The molecule has 2 aromatic carbocycles. The molecule has 7 heteroatoms. The van der Waals surface area contributed by atoms with E-state index < -0.39 is 11.5 Å². The van der Waals surface area contributed by atoms with Crippen molar-refractivity contribution in [1.82, 2.24) is 5.32 Å². The minimum absolute atomic E-state index is 0.0441. The van der Waals surface area contributed by atoms with Crippen LogP contribution >= 0.6 is 11.6 Å². The van der Waals surface area contributed by atoms with E-state index in [1.807, 2.05) is 13.0 Å². The Hall–Kier alpha value is -2.57. The monoisotopic (exact) mass is 441 g/mol. The van der Waals surface area contributed by atoms with Gasteiger partial charge in [0, 0.05) is 28.0 Å². The molecule has 0 saturated carbocycles. The Balaban J connectivity index is 1.72. The number of carbonyl (C=O) groups is 2. The molecule has 0 aromatic heterocycles. The highest BCUT2D eigenvalue weighted by Gasteiger charge is 2.60. The minimum atomic E-state index is -1.14. The van der Waals surface area contributed by atoms with Gasteiger partial charge >= 0.3 is 0 Å². The summed E-state index contributed by atoms with van der Waals surface area (Å²) in [6.45, 7) is 6.20. The Morgan fingerprint density at radius 1 is 1.29 bits per heavy atom. The number of ether oxygens (including phenoxy) is 1. The second-order valence-electron chi connectivity index (χ2n) is 8.88. The van der Waals surface area contributed by atoms with Crippen molar-refractivity contribution >= 4 is 34.8 Å². The molecule has 2 amide bonds. The summed E-state index contributed by atoms with van der Waals surface area (Å²) in [5, 5.41) is 10.1. The molecule has 3 atom stereocenters. The van der Waals surface area contributed by atoms with E-state index in [-0.39, 0.29) is 17.9 Å². The lowest BCUT2D eigenvalue weighted by molar-refractivity contribution is -0.130. The van der Waals surface area contributed by atoms with Gasteiger partial charge in [0.25, 0.3) is 0 Å². The largest absolute Gasteiger partial charge is 0.497 e. The summed E-state index contributed by atoms with van der Waals surface area (Å²) in [6.07, 6.45) is 1.44. The number of methoxy groups -OCH3 is 1. The van der Waals surface area contributed by atoms with Crippen molar-refractivity contribution in [3.63, 3.8) is 0 Å². The molecule has 2 aromatic rings. The molecule has 0 aliphatic carbocycles.